The van der Waals surface area contributed by atoms with Crippen molar-refractivity contribution in [3.05, 3.63) is 72.3 Å². The van der Waals surface area contributed by atoms with Crippen LogP contribution in [0.25, 0.3) is 0 Å². The number of halogens is 3. The summed E-state index contributed by atoms with van der Waals surface area (Å²) in [7, 11) is 1.26. The Labute approximate surface area is 209 Å². The van der Waals surface area contributed by atoms with Crippen LogP contribution in [-0.2, 0) is 17.5 Å². The molecule has 0 radical (unpaired) electrons. The summed E-state index contributed by atoms with van der Waals surface area (Å²) in [6.07, 6.45) is -1.92. The first kappa shape index (κ1) is 27.2. The summed E-state index contributed by atoms with van der Waals surface area (Å²) >= 11 is 0. The Balaban J connectivity index is 1.60. The fourth-order valence-electron chi connectivity index (χ4n) is 2.99. The van der Waals surface area contributed by atoms with Crippen molar-refractivity contribution in [1.29, 1.82) is 0 Å². The average Bonchev–Trinajstić information content (AvgIpc) is 2.88. The summed E-state index contributed by atoms with van der Waals surface area (Å²) in [6.45, 7) is 0.568. The molecule has 2 aromatic carbocycles. The number of ether oxygens (including phenoxy) is 3. The third kappa shape index (κ3) is 7.30. The molecule has 3 rings (SSSR count). The number of nitrogens with one attached hydrogen (secondary N) is 2. The van der Waals surface area contributed by atoms with E-state index in [0.29, 0.717) is 5.56 Å². The Morgan fingerprint density at radius 3 is 2.24 bits per heavy atom. The number of hydrogen-bond donors (Lipinski definition) is 3. The number of aromatic nitrogens is 2. The van der Waals surface area contributed by atoms with Gasteiger partial charge < -0.3 is 30.0 Å². The highest BCUT2D eigenvalue weighted by Crippen LogP contribution is 2.40. The normalized spacial score (nSPS) is 12.7. The maximum atomic E-state index is 13.4. The van der Waals surface area contributed by atoms with Gasteiger partial charge in [-0.1, -0.05) is 12.1 Å². The van der Waals surface area contributed by atoms with Crippen LogP contribution in [-0.4, -0.2) is 46.3 Å². The van der Waals surface area contributed by atoms with E-state index in [-0.39, 0.29) is 23.8 Å². The SMILES string of the molecule is COc1ccc(Oc2ccc(CNC(=O)[C@](C)(CO)NC(=O)Oc3cncnc3)cc2)c(C(F)(F)F)c1. The first-order valence-electron chi connectivity index (χ1n) is 10.7. The van der Waals surface area contributed by atoms with E-state index >= 15 is 0 Å². The van der Waals surface area contributed by atoms with Crippen LogP contribution >= 0.6 is 0 Å². The van der Waals surface area contributed by atoms with Crippen LogP contribution in [0.2, 0.25) is 0 Å². The van der Waals surface area contributed by atoms with E-state index in [0.717, 1.165) is 12.1 Å². The molecular formula is C24H23F3N4O6. The topological polar surface area (TPSA) is 132 Å². The van der Waals surface area contributed by atoms with Crippen LogP contribution in [0.5, 0.6) is 23.0 Å². The monoisotopic (exact) mass is 520 g/mol. The van der Waals surface area contributed by atoms with Gasteiger partial charge in [0, 0.05) is 6.54 Å². The van der Waals surface area contributed by atoms with Crippen molar-refractivity contribution in [3.8, 4) is 23.0 Å². The van der Waals surface area contributed by atoms with Gasteiger partial charge in [-0.15, -0.1) is 0 Å². The predicted octanol–water partition coefficient (Wildman–Crippen LogP) is 3.45. The predicted molar refractivity (Wildman–Crippen MR) is 123 cm³/mol. The lowest BCUT2D eigenvalue weighted by atomic mass is 10.0. The average molecular weight is 520 g/mol. The van der Waals surface area contributed by atoms with Crippen molar-refractivity contribution in [2.75, 3.05) is 13.7 Å². The van der Waals surface area contributed by atoms with Gasteiger partial charge in [0.25, 0.3) is 0 Å². The molecule has 1 heterocycles. The van der Waals surface area contributed by atoms with Crippen LogP contribution in [0.4, 0.5) is 18.0 Å². The van der Waals surface area contributed by atoms with Gasteiger partial charge >= 0.3 is 12.3 Å². The number of rotatable bonds is 9. The number of nitrogens with zero attached hydrogens (tertiary/aromatic N) is 2. The summed E-state index contributed by atoms with van der Waals surface area (Å²) in [5.74, 6) is -0.879. The molecule has 13 heteroatoms. The lowest BCUT2D eigenvalue weighted by molar-refractivity contribution is -0.138. The van der Waals surface area contributed by atoms with E-state index in [9.17, 15) is 27.9 Å². The Hall–Kier alpha value is -4.39. The van der Waals surface area contributed by atoms with Crippen molar-refractivity contribution in [2.24, 2.45) is 0 Å². The van der Waals surface area contributed by atoms with Gasteiger partial charge in [0.2, 0.25) is 5.91 Å². The molecule has 10 nitrogen and oxygen atoms in total. The van der Waals surface area contributed by atoms with Gasteiger partial charge in [0.15, 0.2) is 5.75 Å². The number of benzene rings is 2. The highest BCUT2D eigenvalue weighted by atomic mass is 19.4. The number of methoxy groups -OCH3 is 1. The van der Waals surface area contributed by atoms with E-state index in [4.69, 9.17) is 14.2 Å². The third-order valence-corrected chi connectivity index (χ3v) is 5.04. The van der Waals surface area contributed by atoms with Crippen LogP contribution < -0.4 is 24.8 Å². The Bertz CT molecular complexity index is 1230. The molecule has 0 aliphatic heterocycles. The van der Waals surface area contributed by atoms with Gasteiger partial charge in [-0.05, 0) is 42.8 Å². The van der Waals surface area contributed by atoms with Crippen LogP contribution in [0, 0.1) is 0 Å². The molecule has 1 atom stereocenters. The number of carbonyl (C=O) groups excluding carboxylic acids is 2. The molecule has 1 aromatic heterocycles. The first-order chi connectivity index (χ1) is 17.5. The number of hydrogen-bond acceptors (Lipinski definition) is 8. The minimum absolute atomic E-state index is 0.00566. The molecule has 0 aliphatic rings. The largest absolute Gasteiger partial charge is 0.497 e. The molecule has 3 N–H and O–H groups in total. The number of aliphatic hydroxyl groups is 1. The second-order valence-electron chi connectivity index (χ2n) is 7.87. The quantitative estimate of drug-likeness (QED) is 0.391. The van der Waals surface area contributed by atoms with E-state index in [1.165, 1.54) is 51.0 Å². The van der Waals surface area contributed by atoms with E-state index in [2.05, 4.69) is 20.6 Å². The van der Waals surface area contributed by atoms with Crippen LogP contribution in [0.1, 0.15) is 18.1 Å². The molecular weight excluding hydrogens is 497 g/mol. The Kier molecular flexibility index (Phi) is 8.50. The zero-order chi connectivity index (χ0) is 27.1. The van der Waals surface area contributed by atoms with Gasteiger partial charge in [-0.3, -0.25) is 4.79 Å². The second-order valence-corrected chi connectivity index (χ2v) is 7.87. The Morgan fingerprint density at radius 2 is 1.65 bits per heavy atom. The molecule has 0 fully saturated rings. The van der Waals surface area contributed by atoms with Gasteiger partial charge in [0.05, 0.1) is 26.1 Å². The lowest BCUT2D eigenvalue weighted by Crippen LogP contribution is -2.59. The maximum Gasteiger partial charge on any atom is 0.420 e. The minimum atomic E-state index is -4.65. The standard InChI is InChI=1S/C24H23F3N4O6/c1-23(13-32,31-22(34)37-18-11-28-14-29-12-18)21(33)30-10-15-3-5-16(6-4-15)36-20-8-7-17(35-2)9-19(20)24(25,26)27/h3-9,11-12,14,32H,10,13H2,1-2H3,(H,30,33)(H,31,34)/t23-/m0/s1. The van der Waals surface area contributed by atoms with Crippen molar-refractivity contribution in [3.63, 3.8) is 0 Å². The molecule has 196 valence electrons. The summed E-state index contributed by atoms with van der Waals surface area (Å²) < 4.78 is 55.4. The van der Waals surface area contributed by atoms with Gasteiger partial charge in [-0.25, -0.2) is 14.8 Å². The van der Waals surface area contributed by atoms with E-state index < -0.39 is 41.6 Å². The highest BCUT2D eigenvalue weighted by molar-refractivity contribution is 5.90. The number of alkyl halides is 3. The highest BCUT2D eigenvalue weighted by Gasteiger charge is 2.36. The minimum Gasteiger partial charge on any atom is -0.497 e. The first-order valence-corrected chi connectivity index (χ1v) is 10.7. The molecule has 0 bridgehead atoms. The zero-order valence-electron chi connectivity index (χ0n) is 19.7. The fraction of sp³-hybridized carbons (Fsp3) is 0.250. The number of aliphatic hydroxyl groups excluding tert-OH is 1. The molecule has 37 heavy (non-hydrogen) atoms. The summed E-state index contributed by atoms with van der Waals surface area (Å²) in [5, 5.41) is 14.6. The summed E-state index contributed by atoms with van der Waals surface area (Å²) in [4.78, 5) is 32.1. The fourth-order valence-corrected chi connectivity index (χ4v) is 2.99. The van der Waals surface area contributed by atoms with Crippen LogP contribution in [0.3, 0.4) is 0 Å². The van der Waals surface area contributed by atoms with Gasteiger partial charge in [-0.2, -0.15) is 13.2 Å². The van der Waals surface area contributed by atoms with Crippen molar-refractivity contribution < 1.29 is 42.1 Å². The molecule has 0 saturated heterocycles. The van der Waals surface area contributed by atoms with Crippen molar-refractivity contribution >= 4 is 12.0 Å². The molecule has 0 spiro atoms. The summed E-state index contributed by atoms with van der Waals surface area (Å²) in [6, 6.07) is 9.32. The van der Waals surface area contributed by atoms with E-state index in [1.54, 1.807) is 12.1 Å². The number of carbonyl (C=O) groups is 2. The van der Waals surface area contributed by atoms with Crippen LogP contribution in [0.15, 0.2) is 61.2 Å². The third-order valence-electron chi connectivity index (χ3n) is 5.04. The van der Waals surface area contributed by atoms with Crippen molar-refractivity contribution in [1.82, 2.24) is 20.6 Å². The summed E-state index contributed by atoms with van der Waals surface area (Å²) in [5.41, 5.74) is -2.12. The maximum absolute atomic E-state index is 13.4. The number of amides is 2. The second kappa shape index (κ2) is 11.6. The Morgan fingerprint density at radius 1 is 1.00 bits per heavy atom. The zero-order valence-corrected chi connectivity index (χ0v) is 19.7. The van der Waals surface area contributed by atoms with Crippen molar-refractivity contribution in [2.45, 2.75) is 25.2 Å². The molecule has 2 amide bonds. The molecule has 0 aliphatic carbocycles. The molecule has 0 saturated carbocycles. The van der Waals surface area contributed by atoms with Gasteiger partial charge in [0.1, 0.15) is 34.7 Å². The molecule has 0 unspecified atom stereocenters. The molecule has 3 aromatic rings. The lowest BCUT2D eigenvalue weighted by Gasteiger charge is -2.26. The van der Waals surface area contributed by atoms with E-state index in [1.807, 2.05) is 0 Å². The smallest absolute Gasteiger partial charge is 0.420 e.